The lowest BCUT2D eigenvalue weighted by Crippen LogP contribution is -2.04. The summed E-state index contributed by atoms with van der Waals surface area (Å²) in [6.07, 6.45) is 2.48. The summed E-state index contributed by atoms with van der Waals surface area (Å²) in [6.45, 7) is 2.21. The largest absolute Gasteiger partial charge is 0.465 e. The Morgan fingerprint density at radius 1 is 1.41 bits per heavy atom. The van der Waals surface area contributed by atoms with E-state index in [0.717, 1.165) is 12.8 Å². The zero-order valence-electron chi connectivity index (χ0n) is 10.4. The molecule has 0 fully saturated rings. The van der Waals surface area contributed by atoms with E-state index in [4.69, 9.17) is 15.2 Å². The Bertz CT molecular complexity index is 377. The molecule has 0 aliphatic carbocycles. The van der Waals surface area contributed by atoms with Gasteiger partial charge in [0.2, 0.25) is 0 Å². The van der Waals surface area contributed by atoms with E-state index in [1.165, 1.54) is 0 Å². The van der Waals surface area contributed by atoms with Gasteiger partial charge in [-0.05, 0) is 24.6 Å². The molecule has 17 heavy (non-hydrogen) atoms. The third-order valence-electron chi connectivity index (χ3n) is 2.42. The molecule has 4 nitrogen and oxygen atoms in total. The standard InChI is InChI=1S/C13H19NO3/c1-3-4-5-12(15)10-6-7-13(11(14)8-10)17-9-16-2/h6-8H,3-5,9,14H2,1-2H3. The molecule has 4 heteroatoms. The fourth-order valence-corrected chi connectivity index (χ4v) is 1.46. The first-order valence-corrected chi connectivity index (χ1v) is 5.73. The number of unbranched alkanes of at least 4 members (excludes halogenated alkanes) is 1. The number of ketones is 1. The molecule has 0 saturated heterocycles. The van der Waals surface area contributed by atoms with E-state index >= 15 is 0 Å². The number of carbonyl (C=O) groups is 1. The molecule has 0 amide bonds. The molecule has 0 radical (unpaired) electrons. The summed E-state index contributed by atoms with van der Waals surface area (Å²) in [5.41, 5.74) is 6.90. The molecule has 2 N–H and O–H groups in total. The van der Waals surface area contributed by atoms with Gasteiger partial charge in [0.25, 0.3) is 0 Å². The Morgan fingerprint density at radius 3 is 2.76 bits per heavy atom. The van der Waals surface area contributed by atoms with Crippen LogP contribution in [0.25, 0.3) is 0 Å². The van der Waals surface area contributed by atoms with Crippen molar-refractivity contribution in [3.05, 3.63) is 23.8 Å². The maximum atomic E-state index is 11.8. The van der Waals surface area contributed by atoms with E-state index in [9.17, 15) is 4.79 Å². The molecule has 0 atom stereocenters. The molecule has 0 aliphatic heterocycles. The van der Waals surface area contributed by atoms with Gasteiger partial charge in [-0.2, -0.15) is 0 Å². The van der Waals surface area contributed by atoms with E-state index in [1.54, 1.807) is 25.3 Å². The molecule has 0 aromatic heterocycles. The van der Waals surface area contributed by atoms with E-state index < -0.39 is 0 Å². The van der Waals surface area contributed by atoms with Crippen molar-refractivity contribution >= 4 is 11.5 Å². The quantitative estimate of drug-likeness (QED) is 0.450. The minimum absolute atomic E-state index is 0.122. The normalized spacial score (nSPS) is 10.2. The first-order chi connectivity index (χ1) is 8.19. The summed E-state index contributed by atoms with van der Waals surface area (Å²) < 4.78 is 10.0. The molecule has 0 unspecified atom stereocenters. The van der Waals surface area contributed by atoms with Crippen LogP contribution >= 0.6 is 0 Å². The van der Waals surface area contributed by atoms with Crippen LogP contribution in [0.15, 0.2) is 18.2 Å². The fraction of sp³-hybridized carbons (Fsp3) is 0.462. The average Bonchev–Trinajstić information content (AvgIpc) is 2.34. The van der Waals surface area contributed by atoms with Gasteiger partial charge in [0.15, 0.2) is 12.6 Å². The highest BCUT2D eigenvalue weighted by molar-refractivity contribution is 5.97. The van der Waals surface area contributed by atoms with Crippen LogP contribution in [-0.4, -0.2) is 19.7 Å². The van der Waals surface area contributed by atoms with E-state index in [2.05, 4.69) is 6.92 Å². The lowest BCUT2D eigenvalue weighted by Gasteiger charge is -2.09. The number of ether oxygens (including phenoxy) is 2. The monoisotopic (exact) mass is 237 g/mol. The molecule has 0 spiro atoms. The van der Waals surface area contributed by atoms with Crippen LogP contribution in [0.3, 0.4) is 0 Å². The van der Waals surface area contributed by atoms with Crippen molar-refractivity contribution in [2.45, 2.75) is 26.2 Å². The van der Waals surface area contributed by atoms with E-state index in [1.807, 2.05) is 0 Å². The summed E-state index contributed by atoms with van der Waals surface area (Å²) in [6, 6.07) is 5.09. The van der Waals surface area contributed by atoms with Gasteiger partial charge < -0.3 is 15.2 Å². The minimum atomic E-state index is 0.122. The molecule has 94 valence electrons. The zero-order valence-corrected chi connectivity index (χ0v) is 10.4. The van der Waals surface area contributed by atoms with Crippen molar-refractivity contribution in [3.63, 3.8) is 0 Å². The summed E-state index contributed by atoms with van der Waals surface area (Å²) in [7, 11) is 1.54. The lowest BCUT2D eigenvalue weighted by atomic mass is 10.0. The molecular formula is C13H19NO3. The number of methoxy groups -OCH3 is 1. The maximum Gasteiger partial charge on any atom is 0.188 e. The van der Waals surface area contributed by atoms with Gasteiger partial charge in [-0.15, -0.1) is 0 Å². The Morgan fingerprint density at radius 2 is 2.18 bits per heavy atom. The second-order valence-electron chi connectivity index (χ2n) is 3.83. The average molecular weight is 237 g/mol. The second kappa shape index (κ2) is 6.91. The molecule has 0 saturated carbocycles. The molecule has 0 bridgehead atoms. The van der Waals surface area contributed by atoms with Gasteiger partial charge in [-0.3, -0.25) is 4.79 Å². The summed E-state index contributed by atoms with van der Waals surface area (Å²) in [5.74, 6) is 0.663. The van der Waals surface area contributed by atoms with Gasteiger partial charge in [-0.25, -0.2) is 0 Å². The number of anilines is 1. The smallest absolute Gasteiger partial charge is 0.188 e. The first kappa shape index (κ1) is 13.5. The Labute approximate surface area is 102 Å². The minimum Gasteiger partial charge on any atom is -0.465 e. The van der Waals surface area contributed by atoms with Crippen molar-refractivity contribution in [1.82, 2.24) is 0 Å². The maximum absolute atomic E-state index is 11.8. The third-order valence-corrected chi connectivity index (χ3v) is 2.42. The molecule has 1 aromatic carbocycles. The molecule has 1 rings (SSSR count). The van der Waals surface area contributed by atoms with Gasteiger partial charge in [-0.1, -0.05) is 13.3 Å². The number of benzene rings is 1. The van der Waals surface area contributed by atoms with Crippen molar-refractivity contribution < 1.29 is 14.3 Å². The number of rotatable bonds is 7. The topological polar surface area (TPSA) is 61.5 Å². The van der Waals surface area contributed by atoms with Crippen molar-refractivity contribution in [2.24, 2.45) is 0 Å². The SMILES string of the molecule is CCCCC(=O)c1ccc(OCOC)c(N)c1. The van der Waals surface area contributed by atoms with Gasteiger partial charge in [0.05, 0.1) is 5.69 Å². The van der Waals surface area contributed by atoms with Crippen LogP contribution in [0.2, 0.25) is 0 Å². The van der Waals surface area contributed by atoms with Gasteiger partial charge in [0.1, 0.15) is 5.75 Å². The summed E-state index contributed by atoms with van der Waals surface area (Å²) in [4.78, 5) is 11.8. The predicted octanol–water partition coefficient (Wildman–Crippen LogP) is 2.62. The first-order valence-electron chi connectivity index (χ1n) is 5.73. The van der Waals surface area contributed by atoms with Crippen LogP contribution in [0, 0.1) is 0 Å². The van der Waals surface area contributed by atoms with Gasteiger partial charge in [0, 0.05) is 19.1 Å². The highest BCUT2D eigenvalue weighted by Gasteiger charge is 2.08. The number of Topliss-reactive ketones (excluding diaryl/α,β-unsaturated/α-hetero) is 1. The Hall–Kier alpha value is -1.55. The van der Waals surface area contributed by atoms with Crippen LogP contribution in [0.5, 0.6) is 5.75 Å². The number of hydrogen-bond donors (Lipinski definition) is 1. The highest BCUT2D eigenvalue weighted by Crippen LogP contribution is 2.23. The van der Waals surface area contributed by atoms with Crippen molar-refractivity contribution in [1.29, 1.82) is 0 Å². The molecule has 0 aliphatic rings. The molecule has 1 aromatic rings. The van der Waals surface area contributed by atoms with Crippen LogP contribution in [-0.2, 0) is 4.74 Å². The number of nitrogen functional groups attached to an aromatic ring is 1. The predicted molar refractivity (Wildman–Crippen MR) is 67.2 cm³/mol. The molecule has 0 heterocycles. The van der Waals surface area contributed by atoms with Crippen LogP contribution in [0.1, 0.15) is 36.5 Å². The van der Waals surface area contributed by atoms with Crippen molar-refractivity contribution in [2.75, 3.05) is 19.6 Å². The number of nitrogens with two attached hydrogens (primary N) is 1. The Kier molecular flexibility index (Phi) is 5.49. The van der Waals surface area contributed by atoms with E-state index in [0.29, 0.717) is 23.4 Å². The van der Waals surface area contributed by atoms with Gasteiger partial charge >= 0.3 is 0 Å². The van der Waals surface area contributed by atoms with Crippen molar-refractivity contribution in [3.8, 4) is 5.75 Å². The third kappa shape index (κ3) is 4.07. The number of carbonyl (C=O) groups excluding carboxylic acids is 1. The summed E-state index contributed by atoms with van der Waals surface area (Å²) >= 11 is 0. The lowest BCUT2D eigenvalue weighted by molar-refractivity contribution is 0.0516. The summed E-state index contributed by atoms with van der Waals surface area (Å²) in [5, 5.41) is 0. The number of hydrogen-bond acceptors (Lipinski definition) is 4. The second-order valence-corrected chi connectivity index (χ2v) is 3.83. The molecular weight excluding hydrogens is 218 g/mol. The van der Waals surface area contributed by atoms with E-state index in [-0.39, 0.29) is 12.6 Å². The highest BCUT2D eigenvalue weighted by atomic mass is 16.7. The van der Waals surface area contributed by atoms with Crippen LogP contribution in [0.4, 0.5) is 5.69 Å². The Balaban J connectivity index is 2.70. The zero-order chi connectivity index (χ0) is 12.7. The van der Waals surface area contributed by atoms with Crippen LogP contribution < -0.4 is 10.5 Å². The fourth-order valence-electron chi connectivity index (χ4n) is 1.46.